The zero-order valence-corrected chi connectivity index (χ0v) is 22.9. The summed E-state index contributed by atoms with van der Waals surface area (Å²) < 4.78 is 22.5. The summed E-state index contributed by atoms with van der Waals surface area (Å²) in [6.45, 7) is 5.92. The number of rotatable bonds is 10. The number of hydrogen-bond donors (Lipinski definition) is 1. The van der Waals surface area contributed by atoms with Crippen LogP contribution in [0.3, 0.4) is 0 Å². The largest absolute Gasteiger partial charge is 0.493 e. The van der Waals surface area contributed by atoms with Gasteiger partial charge >= 0.3 is 5.97 Å². The van der Waals surface area contributed by atoms with E-state index in [2.05, 4.69) is 40.3 Å². The van der Waals surface area contributed by atoms with Crippen LogP contribution in [0, 0.1) is 6.92 Å². The minimum atomic E-state index is -0.589. The predicted octanol–water partition coefficient (Wildman–Crippen LogP) is 5.65. The lowest BCUT2D eigenvalue weighted by Gasteiger charge is -2.12. The van der Waals surface area contributed by atoms with Crippen LogP contribution in [0.2, 0.25) is 0 Å². The number of nitrogens with zero attached hydrogens (tertiary/aromatic N) is 1. The van der Waals surface area contributed by atoms with Crippen LogP contribution >= 0.6 is 15.9 Å². The van der Waals surface area contributed by atoms with Gasteiger partial charge in [-0.25, -0.2) is 10.2 Å². The van der Waals surface area contributed by atoms with Crippen LogP contribution in [0.5, 0.6) is 23.0 Å². The molecule has 0 unspecified atom stereocenters. The molecule has 3 aromatic carbocycles. The Kier molecular flexibility index (Phi) is 9.68. The fourth-order valence-corrected chi connectivity index (χ4v) is 3.69. The normalized spacial score (nSPS) is 10.9. The standard InChI is InChI=1S/C28H29BrN2O6/c1-17(2)19-7-6-18(3)25(13-19)36-16-27(32)31-30-15-21-12-22(29)9-11-23(21)37-28(33)20-8-10-24(34-4)26(14-20)35-5/h6-15,17H,16H2,1-5H3,(H,31,32)/b30-15+. The van der Waals surface area contributed by atoms with E-state index in [1.165, 1.54) is 26.5 Å². The van der Waals surface area contributed by atoms with Gasteiger partial charge in [-0.3, -0.25) is 4.79 Å². The lowest BCUT2D eigenvalue weighted by atomic mass is 10.0. The van der Waals surface area contributed by atoms with Crippen molar-refractivity contribution < 1.29 is 28.5 Å². The Balaban J connectivity index is 1.65. The molecule has 0 heterocycles. The number of carbonyl (C=O) groups excluding carboxylic acids is 2. The van der Waals surface area contributed by atoms with Crippen molar-refractivity contribution in [2.45, 2.75) is 26.7 Å². The lowest BCUT2D eigenvalue weighted by molar-refractivity contribution is -0.123. The number of nitrogens with one attached hydrogen (secondary N) is 1. The zero-order chi connectivity index (χ0) is 26.9. The number of amides is 1. The summed E-state index contributed by atoms with van der Waals surface area (Å²) in [4.78, 5) is 25.1. The van der Waals surface area contributed by atoms with Crippen LogP contribution in [0.15, 0.2) is 64.2 Å². The fourth-order valence-electron chi connectivity index (χ4n) is 3.32. The molecule has 37 heavy (non-hydrogen) atoms. The SMILES string of the molecule is COc1ccc(C(=O)Oc2ccc(Br)cc2/C=N/NC(=O)COc2cc(C(C)C)ccc2C)cc1OC. The van der Waals surface area contributed by atoms with Crippen molar-refractivity contribution in [2.24, 2.45) is 5.10 Å². The van der Waals surface area contributed by atoms with Crippen LogP contribution in [-0.4, -0.2) is 38.9 Å². The quantitative estimate of drug-likeness (QED) is 0.147. The van der Waals surface area contributed by atoms with Crippen molar-refractivity contribution in [3.8, 4) is 23.0 Å². The van der Waals surface area contributed by atoms with Gasteiger partial charge in [-0.15, -0.1) is 0 Å². The van der Waals surface area contributed by atoms with Gasteiger partial charge in [0.2, 0.25) is 0 Å². The topological polar surface area (TPSA) is 95.5 Å². The van der Waals surface area contributed by atoms with Gasteiger partial charge in [0.15, 0.2) is 18.1 Å². The Labute approximate surface area is 224 Å². The highest BCUT2D eigenvalue weighted by atomic mass is 79.9. The number of halogens is 1. The second kappa shape index (κ2) is 12.9. The maximum atomic E-state index is 12.8. The van der Waals surface area contributed by atoms with Crippen molar-refractivity contribution in [2.75, 3.05) is 20.8 Å². The van der Waals surface area contributed by atoms with E-state index in [0.717, 1.165) is 15.6 Å². The third kappa shape index (κ3) is 7.57. The summed E-state index contributed by atoms with van der Waals surface area (Å²) in [5.74, 6) is 1.16. The number of ether oxygens (including phenoxy) is 4. The molecule has 3 rings (SSSR count). The Bertz CT molecular complexity index is 1310. The third-order valence-corrected chi connectivity index (χ3v) is 5.92. The lowest BCUT2D eigenvalue weighted by Crippen LogP contribution is -2.24. The minimum absolute atomic E-state index is 0.195. The maximum Gasteiger partial charge on any atom is 0.343 e. The van der Waals surface area contributed by atoms with E-state index in [1.54, 1.807) is 30.3 Å². The Hall–Kier alpha value is -3.85. The summed E-state index contributed by atoms with van der Waals surface area (Å²) >= 11 is 3.40. The van der Waals surface area contributed by atoms with E-state index in [-0.39, 0.29) is 17.9 Å². The summed E-state index contributed by atoms with van der Waals surface area (Å²) in [6.07, 6.45) is 1.39. The molecule has 0 saturated carbocycles. The molecule has 0 atom stereocenters. The number of esters is 1. The summed E-state index contributed by atoms with van der Waals surface area (Å²) in [5, 5.41) is 4.00. The van der Waals surface area contributed by atoms with Gasteiger partial charge < -0.3 is 18.9 Å². The maximum absolute atomic E-state index is 12.8. The van der Waals surface area contributed by atoms with Crippen molar-refractivity contribution in [3.05, 3.63) is 81.3 Å². The number of hydrazone groups is 1. The minimum Gasteiger partial charge on any atom is -0.493 e. The molecule has 1 amide bonds. The Morgan fingerprint density at radius 3 is 2.38 bits per heavy atom. The first-order chi connectivity index (χ1) is 17.7. The molecule has 194 valence electrons. The van der Waals surface area contributed by atoms with Crippen molar-refractivity contribution in [3.63, 3.8) is 0 Å². The van der Waals surface area contributed by atoms with Crippen LogP contribution in [0.25, 0.3) is 0 Å². The van der Waals surface area contributed by atoms with E-state index in [9.17, 15) is 9.59 Å². The summed E-state index contributed by atoms with van der Waals surface area (Å²) in [5.41, 5.74) is 5.27. The summed E-state index contributed by atoms with van der Waals surface area (Å²) in [6, 6.07) is 15.8. The van der Waals surface area contributed by atoms with Gasteiger partial charge in [0.25, 0.3) is 5.91 Å². The van der Waals surface area contributed by atoms with Crippen molar-refractivity contribution >= 4 is 34.0 Å². The Morgan fingerprint density at radius 2 is 1.68 bits per heavy atom. The second-order valence-electron chi connectivity index (χ2n) is 8.40. The summed E-state index contributed by atoms with van der Waals surface area (Å²) in [7, 11) is 3.00. The molecule has 8 nitrogen and oxygen atoms in total. The third-order valence-electron chi connectivity index (χ3n) is 5.42. The molecule has 0 aromatic heterocycles. The number of aryl methyl sites for hydroxylation is 1. The van der Waals surface area contributed by atoms with Gasteiger partial charge in [0, 0.05) is 10.0 Å². The average Bonchev–Trinajstić information content (AvgIpc) is 2.88. The van der Waals surface area contributed by atoms with Gasteiger partial charge in [0.1, 0.15) is 11.5 Å². The predicted molar refractivity (Wildman–Crippen MR) is 145 cm³/mol. The Morgan fingerprint density at radius 1 is 0.946 bits per heavy atom. The molecule has 0 aliphatic rings. The van der Waals surface area contributed by atoms with Crippen LogP contribution in [0.4, 0.5) is 0 Å². The van der Waals surface area contributed by atoms with Gasteiger partial charge in [0.05, 0.1) is 26.0 Å². The van der Waals surface area contributed by atoms with E-state index in [1.807, 2.05) is 25.1 Å². The zero-order valence-electron chi connectivity index (χ0n) is 21.3. The molecular formula is C28H29BrN2O6. The van der Waals surface area contributed by atoms with Gasteiger partial charge in [-0.05, 0) is 66.4 Å². The molecule has 0 aliphatic carbocycles. The highest BCUT2D eigenvalue weighted by Gasteiger charge is 2.15. The first kappa shape index (κ1) is 27.7. The van der Waals surface area contributed by atoms with Crippen LogP contribution in [-0.2, 0) is 4.79 Å². The average molecular weight is 569 g/mol. The number of carbonyl (C=O) groups is 2. The first-order valence-electron chi connectivity index (χ1n) is 11.5. The van der Waals surface area contributed by atoms with Crippen molar-refractivity contribution in [1.82, 2.24) is 5.43 Å². The first-order valence-corrected chi connectivity index (χ1v) is 12.3. The smallest absolute Gasteiger partial charge is 0.343 e. The molecule has 0 aliphatic heterocycles. The molecule has 3 aromatic rings. The number of methoxy groups -OCH3 is 2. The van der Waals surface area contributed by atoms with Crippen LogP contribution in [0.1, 0.15) is 46.8 Å². The molecule has 0 spiro atoms. The second-order valence-corrected chi connectivity index (χ2v) is 9.32. The van der Waals surface area contributed by atoms with Gasteiger partial charge in [-0.1, -0.05) is 41.9 Å². The fraction of sp³-hybridized carbons (Fsp3) is 0.250. The van der Waals surface area contributed by atoms with E-state index in [0.29, 0.717) is 28.7 Å². The highest BCUT2D eigenvalue weighted by Crippen LogP contribution is 2.29. The molecule has 0 fully saturated rings. The van der Waals surface area contributed by atoms with E-state index < -0.39 is 11.9 Å². The number of benzene rings is 3. The van der Waals surface area contributed by atoms with E-state index >= 15 is 0 Å². The van der Waals surface area contributed by atoms with Crippen LogP contribution < -0.4 is 24.4 Å². The molecule has 0 bridgehead atoms. The highest BCUT2D eigenvalue weighted by molar-refractivity contribution is 9.10. The van der Waals surface area contributed by atoms with E-state index in [4.69, 9.17) is 18.9 Å². The van der Waals surface area contributed by atoms with Gasteiger partial charge in [-0.2, -0.15) is 5.10 Å². The molecule has 0 saturated heterocycles. The molecule has 0 radical (unpaired) electrons. The molecule has 9 heteroatoms. The number of hydrogen-bond acceptors (Lipinski definition) is 7. The molecular weight excluding hydrogens is 540 g/mol. The van der Waals surface area contributed by atoms with Crippen molar-refractivity contribution in [1.29, 1.82) is 0 Å². The molecule has 1 N–H and O–H groups in total. The monoisotopic (exact) mass is 568 g/mol.